The smallest absolute Gasteiger partial charge is 0.129 e. The molecule has 17 heavy (non-hydrogen) atoms. The van der Waals surface area contributed by atoms with Crippen LogP contribution in [-0.4, -0.2) is 0 Å². The van der Waals surface area contributed by atoms with E-state index in [9.17, 15) is 4.39 Å². The Kier molecular flexibility index (Phi) is 3.93. The zero-order valence-electron chi connectivity index (χ0n) is 9.21. The maximum absolute atomic E-state index is 13.9. The van der Waals surface area contributed by atoms with E-state index in [1.165, 1.54) is 6.07 Å². The van der Waals surface area contributed by atoms with Crippen LogP contribution >= 0.6 is 27.3 Å². The lowest BCUT2D eigenvalue weighted by Crippen LogP contribution is -2.29. The molecule has 5 heteroatoms. The van der Waals surface area contributed by atoms with E-state index in [1.807, 2.05) is 24.4 Å². The monoisotopic (exact) mass is 314 g/mol. The fourth-order valence-corrected chi connectivity index (χ4v) is 2.85. The van der Waals surface area contributed by atoms with Crippen molar-refractivity contribution in [1.29, 1.82) is 0 Å². The topological polar surface area (TPSA) is 38.0 Å². The molecule has 0 aliphatic heterocycles. The van der Waals surface area contributed by atoms with Crippen LogP contribution in [0.1, 0.15) is 22.0 Å². The van der Waals surface area contributed by atoms with Crippen LogP contribution < -0.4 is 11.3 Å². The molecule has 0 fully saturated rings. The van der Waals surface area contributed by atoms with Gasteiger partial charge in [-0.15, -0.1) is 11.3 Å². The average molecular weight is 315 g/mol. The van der Waals surface area contributed by atoms with Gasteiger partial charge >= 0.3 is 0 Å². The van der Waals surface area contributed by atoms with E-state index in [2.05, 4.69) is 21.4 Å². The summed E-state index contributed by atoms with van der Waals surface area (Å²) < 4.78 is 14.6. The first-order valence-corrected chi connectivity index (χ1v) is 6.76. The quantitative estimate of drug-likeness (QED) is 0.672. The third kappa shape index (κ3) is 2.57. The Morgan fingerprint density at radius 2 is 2.12 bits per heavy atom. The number of rotatable bonds is 3. The Bertz CT molecular complexity index is 527. The van der Waals surface area contributed by atoms with Gasteiger partial charge in [-0.2, -0.15) is 0 Å². The largest absolute Gasteiger partial charge is 0.271 e. The molecular formula is C12H12BrFN2S. The second-order valence-electron chi connectivity index (χ2n) is 3.70. The minimum absolute atomic E-state index is 0.270. The van der Waals surface area contributed by atoms with Crippen molar-refractivity contribution in [2.24, 2.45) is 5.84 Å². The fourth-order valence-electron chi connectivity index (χ4n) is 1.78. The number of hydrogen-bond donors (Lipinski definition) is 2. The molecule has 0 amide bonds. The maximum Gasteiger partial charge on any atom is 0.129 e. The third-order valence-corrected chi connectivity index (χ3v) is 4.00. The number of halogens is 2. The van der Waals surface area contributed by atoms with Crippen molar-refractivity contribution in [3.63, 3.8) is 0 Å². The summed E-state index contributed by atoms with van der Waals surface area (Å²) in [6.07, 6.45) is 0. The van der Waals surface area contributed by atoms with Gasteiger partial charge in [0.25, 0.3) is 0 Å². The van der Waals surface area contributed by atoms with Crippen LogP contribution in [0, 0.1) is 12.7 Å². The minimum atomic E-state index is -0.311. The van der Waals surface area contributed by atoms with Gasteiger partial charge < -0.3 is 0 Å². The lowest BCUT2D eigenvalue weighted by molar-refractivity contribution is 0.559. The first-order valence-electron chi connectivity index (χ1n) is 5.08. The summed E-state index contributed by atoms with van der Waals surface area (Å²) in [5, 5.41) is 1.98. The standard InChI is InChI=1S/C12H12BrFN2S/c1-7-9(4-5-17-7)12(16-15)10-3-2-8(13)6-11(10)14/h2-6,12,16H,15H2,1H3. The number of hydrogen-bond acceptors (Lipinski definition) is 3. The van der Waals surface area contributed by atoms with Crippen molar-refractivity contribution in [2.75, 3.05) is 0 Å². The van der Waals surface area contributed by atoms with Gasteiger partial charge in [-0.3, -0.25) is 5.84 Å². The van der Waals surface area contributed by atoms with Gasteiger partial charge in [0.2, 0.25) is 0 Å². The number of aryl methyl sites for hydroxylation is 1. The molecule has 1 aromatic heterocycles. The molecular weight excluding hydrogens is 303 g/mol. The Balaban J connectivity index is 2.46. The molecule has 2 aromatic rings. The lowest BCUT2D eigenvalue weighted by atomic mass is 10.00. The summed E-state index contributed by atoms with van der Waals surface area (Å²) in [6, 6.07) is 6.65. The van der Waals surface area contributed by atoms with Crippen LogP contribution in [0.3, 0.4) is 0 Å². The van der Waals surface area contributed by atoms with Crippen molar-refractivity contribution in [2.45, 2.75) is 13.0 Å². The molecule has 0 spiro atoms. The molecule has 1 unspecified atom stereocenters. The molecule has 0 aliphatic carbocycles. The van der Waals surface area contributed by atoms with E-state index in [1.54, 1.807) is 17.4 Å². The molecule has 0 aliphatic rings. The van der Waals surface area contributed by atoms with Crippen molar-refractivity contribution in [1.82, 2.24) is 5.43 Å². The number of thiophene rings is 1. The first-order chi connectivity index (χ1) is 8.13. The summed E-state index contributed by atoms with van der Waals surface area (Å²) in [4.78, 5) is 1.13. The lowest BCUT2D eigenvalue weighted by Gasteiger charge is -2.17. The molecule has 2 rings (SSSR count). The van der Waals surface area contributed by atoms with E-state index >= 15 is 0 Å². The highest BCUT2D eigenvalue weighted by Gasteiger charge is 2.18. The van der Waals surface area contributed by atoms with Crippen molar-refractivity contribution in [3.05, 3.63) is 55.9 Å². The summed E-state index contributed by atoms with van der Waals surface area (Å²) in [6.45, 7) is 2.00. The van der Waals surface area contributed by atoms with Crippen LogP contribution in [0.5, 0.6) is 0 Å². The molecule has 2 nitrogen and oxygen atoms in total. The van der Waals surface area contributed by atoms with Crippen LogP contribution in [-0.2, 0) is 0 Å². The summed E-state index contributed by atoms with van der Waals surface area (Å²) in [5.74, 6) is 5.28. The third-order valence-electron chi connectivity index (χ3n) is 2.65. The van der Waals surface area contributed by atoms with Crippen LogP contribution in [0.4, 0.5) is 4.39 Å². The predicted molar refractivity (Wildman–Crippen MR) is 72.3 cm³/mol. The number of nitrogens with one attached hydrogen (secondary N) is 1. The molecule has 0 saturated heterocycles. The molecule has 1 atom stereocenters. The molecule has 0 saturated carbocycles. The number of benzene rings is 1. The summed E-state index contributed by atoms with van der Waals surface area (Å²) in [7, 11) is 0. The fraction of sp³-hybridized carbons (Fsp3) is 0.167. The molecule has 90 valence electrons. The van der Waals surface area contributed by atoms with Gasteiger partial charge in [-0.25, -0.2) is 9.82 Å². The predicted octanol–water partition coefficient (Wildman–Crippen LogP) is 3.51. The Morgan fingerprint density at radius 1 is 1.35 bits per heavy atom. The zero-order chi connectivity index (χ0) is 12.4. The average Bonchev–Trinajstić information content (AvgIpc) is 2.69. The molecule has 0 bridgehead atoms. The highest BCUT2D eigenvalue weighted by atomic mass is 79.9. The van der Waals surface area contributed by atoms with Gasteiger partial charge in [0.1, 0.15) is 5.82 Å². The summed E-state index contributed by atoms with van der Waals surface area (Å²) >= 11 is 4.87. The van der Waals surface area contributed by atoms with Crippen molar-refractivity contribution in [3.8, 4) is 0 Å². The Labute approximate surface area is 112 Å². The van der Waals surface area contributed by atoms with Gasteiger partial charge in [0, 0.05) is 14.9 Å². The highest BCUT2D eigenvalue weighted by molar-refractivity contribution is 9.10. The molecule has 0 radical (unpaired) electrons. The van der Waals surface area contributed by atoms with E-state index < -0.39 is 0 Å². The normalized spacial score (nSPS) is 12.7. The van der Waals surface area contributed by atoms with Crippen LogP contribution in [0.25, 0.3) is 0 Å². The zero-order valence-corrected chi connectivity index (χ0v) is 11.6. The highest BCUT2D eigenvalue weighted by Crippen LogP contribution is 2.30. The summed E-state index contributed by atoms with van der Waals surface area (Å²) in [5.41, 5.74) is 4.24. The van der Waals surface area contributed by atoms with E-state index in [0.717, 1.165) is 14.9 Å². The van der Waals surface area contributed by atoms with Crippen LogP contribution in [0.2, 0.25) is 0 Å². The van der Waals surface area contributed by atoms with Gasteiger partial charge in [0.05, 0.1) is 6.04 Å². The molecule has 3 N–H and O–H groups in total. The van der Waals surface area contributed by atoms with Gasteiger partial charge in [0.15, 0.2) is 0 Å². The number of hydrazine groups is 1. The minimum Gasteiger partial charge on any atom is -0.271 e. The SMILES string of the molecule is Cc1sccc1C(NN)c1ccc(Br)cc1F. The maximum atomic E-state index is 13.9. The van der Waals surface area contributed by atoms with Gasteiger partial charge in [-0.05, 0) is 36.1 Å². The Hall–Kier alpha value is -0.750. The second-order valence-corrected chi connectivity index (χ2v) is 5.73. The van der Waals surface area contributed by atoms with Crippen molar-refractivity contribution >= 4 is 27.3 Å². The Morgan fingerprint density at radius 3 is 2.65 bits per heavy atom. The van der Waals surface area contributed by atoms with E-state index in [4.69, 9.17) is 5.84 Å². The van der Waals surface area contributed by atoms with E-state index in [-0.39, 0.29) is 11.9 Å². The van der Waals surface area contributed by atoms with Gasteiger partial charge in [-0.1, -0.05) is 22.0 Å². The molecule has 1 aromatic carbocycles. The van der Waals surface area contributed by atoms with Crippen molar-refractivity contribution < 1.29 is 4.39 Å². The second kappa shape index (κ2) is 5.27. The van der Waals surface area contributed by atoms with E-state index in [0.29, 0.717) is 5.56 Å². The number of nitrogens with two attached hydrogens (primary N) is 1. The first kappa shape index (κ1) is 12.7. The molecule has 1 heterocycles. The van der Waals surface area contributed by atoms with Crippen LogP contribution in [0.15, 0.2) is 34.1 Å².